The van der Waals surface area contributed by atoms with Crippen LogP contribution in [0.1, 0.15) is 48.0 Å². The summed E-state index contributed by atoms with van der Waals surface area (Å²) in [5.41, 5.74) is -0.784. The lowest BCUT2D eigenvalue weighted by Gasteiger charge is -2.42. The molecule has 0 spiro atoms. The standard InChI is InChI=1S/C17H28N2O3/c1-9-10-12-11-19(15(20)22-17(5,6)7)14(16(2,3)4)18-13(12)21-8/h1,12,14H,10-11H2,2-8H3/t12-,14+/m1/s1. The van der Waals surface area contributed by atoms with Crippen LogP contribution in [0.3, 0.4) is 0 Å². The smallest absolute Gasteiger partial charge is 0.412 e. The SMILES string of the molecule is C#CC[C@@H]1CN(C(=O)OC(C)(C)C)[C@@H](C(C)(C)C)N=C1OC. The van der Waals surface area contributed by atoms with Crippen molar-refractivity contribution in [2.24, 2.45) is 16.3 Å². The maximum Gasteiger partial charge on any atom is 0.412 e. The fourth-order valence-corrected chi connectivity index (χ4v) is 2.38. The van der Waals surface area contributed by atoms with Crippen LogP contribution in [0.2, 0.25) is 0 Å². The van der Waals surface area contributed by atoms with E-state index in [-0.39, 0.29) is 23.6 Å². The normalized spacial score (nSPS) is 22.6. The summed E-state index contributed by atoms with van der Waals surface area (Å²) in [6.07, 6.45) is 5.19. The highest BCUT2D eigenvalue weighted by atomic mass is 16.6. The first kappa shape index (κ1) is 18.3. The molecule has 1 amide bonds. The van der Waals surface area contributed by atoms with Gasteiger partial charge in [-0.25, -0.2) is 9.79 Å². The number of nitrogens with zero attached hydrogens (tertiary/aromatic N) is 2. The van der Waals surface area contributed by atoms with Crippen LogP contribution in [0, 0.1) is 23.7 Å². The van der Waals surface area contributed by atoms with Crippen LogP contribution in [0.4, 0.5) is 4.79 Å². The molecular weight excluding hydrogens is 280 g/mol. The Hall–Kier alpha value is -1.70. The molecule has 1 heterocycles. The van der Waals surface area contributed by atoms with E-state index >= 15 is 0 Å². The number of hydrogen-bond acceptors (Lipinski definition) is 4. The molecule has 0 aliphatic carbocycles. The molecule has 0 aromatic heterocycles. The van der Waals surface area contributed by atoms with Gasteiger partial charge < -0.3 is 9.47 Å². The zero-order valence-corrected chi connectivity index (χ0v) is 14.8. The molecule has 1 rings (SSSR count). The predicted molar refractivity (Wildman–Crippen MR) is 87.6 cm³/mol. The summed E-state index contributed by atoms with van der Waals surface area (Å²) in [6, 6.07) is 0. The molecule has 5 heteroatoms. The number of carbonyl (C=O) groups is 1. The van der Waals surface area contributed by atoms with E-state index < -0.39 is 5.60 Å². The lowest BCUT2D eigenvalue weighted by atomic mass is 9.89. The van der Waals surface area contributed by atoms with Gasteiger partial charge in [-0.2, -0.15) is 0 Å². The number of hydrogen-bond donors (Lipinski definition) is 0. The molecule has 1 aliphatic heterocycles. The van der Waals surface area contributed by atoms with Gasteiger partial charge in [-0.1, -0.05) is 20.8 Å². The monoisotopic (exact) mass is 308 g/mol. The second kappa shape index (κ2) is 6.60. The van der Waals surface area contributed by atoms with Crippen molar-refractivity contribution in [1.29, 1.82) is 0 Å². The van der Waals surface area contributed by atoms with Crippen molar-refractivity contribution < 1.29 is 14.3 Å². The van der Waals surface area contributed by atoms with E-state index in [1.165, 1.54) is 0 Å². The van der Waals surface area contributed by atoms with Crippen molar-refractivity contribution in [2.75, 3.05) is 13.7 Å². The summed E-state index contributed by atoms with van der Waals surface area (Å²) in [5.74, 6) is 3.14. The molecule has 0 fully saturated rings. The molecule has 0 radical (unpaired) electrons. The highest BCUT2D eigenvalue weighted by molar-refractivity contribution is 5.82. The Labute approximate surface area is 134 Å². The quantitative estimate of drug-likeness (QED) is 0.698. The Morgan fingerprint density at radius 3 is 2.36 bits per heavy atom. The topological polar surface area (TPSA) is 51.1 Å². The number of aliphatic imine (C=N–C) groups is 1. The maximum atomic E-state index is 12.6. The Morgan fingerprint density at radius 2 is 1.95 bits per heavy atom. The van der Waals surface area contributed by atoms with Gasteiger partial charge in [-0.15, -0.1) is 12.3 Å². The van der Waals surface area contributed by atoms with Gasteiger partial charge in [0.1, 0.15) is 11.8 Å². The molecule has 22 heavy (non-hydrogen) atoms. The number of carbonyl (C=O) groups excluding carboxylic acids is 1. The summed E-state index contributed by atoms with van der Waals surface area (Å²) >= 11 is 0. The molecule has 0 aromatic rings. The first-order valence-corrected chi connectivity index (χ1v) is 7.54. The van der Waals surface area contributed by atoms with Gasteiger partial charge >= 0.3 is 6.09 Å². The molecule has 124 valence electrons. The van der Waals surface area contributed by atoms with Crippen LogP contribution >= 0.6 is 0 Å². The fourth-order valence-electron chi connectivity index (χ4n) is 2.38. The van der Waals surface area contributed by atoms with Crippen molar-refractivity contribution in [2.45, 2.75) is 59.7 Å². The fraction of sp³-hybridized carbons (Fsp3) is 0.765. The molecule has 0 N–H and O–H groups in total. The zero-order valence-electron chi connectivity index (χ0n) is 14.8. The number of terminal acetylenes is 1. The van der Waals surface area contributed by atoms with Crippen molar-refractivity contribution in [3.05, 3.63) is 0 Å². The molecule has 0 unspecified atom stereocenters. The van der Waals surface area contributed by atoms with E-state index in [2.05, 4.69) is 10.9 Å². The van der Waals surface area contributed by atoms with Gasteiger partial charge in [0.2, 0.25) is 0 Å². The van der Waals surface area contributed by atoms with Gasteiger partial charge in [-0.3, -0.25) is 4.90 Å². The van der Waals surface area contributed by atoms with Crippen molar-refractivity contribution in [3.63, 3.8) is 0 Å². The van der Waals surface area contributed by atoms with Crippen molar-refractivity contribution in [1.82, 2.24) is 4.90 Å². The molecule has 0 saturated heterocycles. The average Bonchev–Trinajstić information content (AvgIpc) is 2.35. The molecule has 0 bridgehead atoms. The summed E-state index contributed by atoms with van der Waals surface area (Å²) in [4.78, 5) is 18.8. The lowest BCUT2D eigenvalue weighted by Crippen LogP contribution is -2.54. The van der Waals surface area contributed by atoms with Crippen LogP contribution in [0.25, 0.3) is 0 Å². The average molecular weight is 308 g/mol. The van der Waals surface area contributed by atoms with Gasteiger partial charge in [0.25, 0.3) is 0 Å². The Morgan fingerprint density at radius 1 is 1.36 bits per heavy atom. The van der Waals surface area contributed by atoms with Gasteiger partial charge in [-0.05, 0) is 20.8 Å². The minimum atomic E-state index is -0.549. The van der Waals surface area contributed by atoms with Gasteiger partial charge in [0.05, 0.1) is 13.0 Å². The summed E-state index contributed by atoms with van der Waals surface area (Å²) < 4.78 is 10.9. The Balaban J connectivity index is 3.14. The van der Waals surface area contributed by atoms with Crippen LogP contribution in [-0.4, -0.2) is 42.3 Å². The third kappa shape index (κ3) is 4.66. The molecule has 0 aromatic carbocycles. The number of ether oxygens (including phenoxy) is 2. The highest BCUT2D eigenvalue weighted by Gasteiger charge is 2.41. The predicted octanol–water partition coefficient (Wildman–Crippen LogP) is 3.29. The van der Waals surface area contributed by atoms with E-state index in [9.17, 15) is 4.79 Å². The van der Waals surface area contributed by atoms with Crippen LogP contribution in [0.15, 0.2) is 4.99 Å². The molecule has 0 saturated carbocycles. The number of methoxy groups -OCH3 is 1. The Bertz CT molecular complexity index is 478. The van der Waals surface area contributed by atoms with Gasteiger partial charge in [0.15, 0.2) is 5.90 Å². The zero-order chi connectivity index (χ0) is 17.1. The molecule has 5 nitrogen and oxygen atoms in total. The number of rotatable bonds is 1. The van der Waals surface area contributed by atoms with E-state index in [0.717, 1.165) is 0 Å². The first-order chi connectivity index (χ1) is 9.99. The van der Waals surface area contributed by atoms with E-state index in [4.69, 9.17) is 15.9 Å². The third-order valence-electron chi connectivity index (χ3n) is 3.29. The third-order valence-corrected chi connectivity index (χ3v) is 3.29. The van der Waals surface area contributed by atoms with Crippen LogP contribution in [-0.2, 0) is 9.47 Å². The summed E-state index contributed by atoms with van der Waals surface area (Å²) in [7, 11) is 1.59. The van der Waals surface area contributed by atoms with E-state index in [1.807, 2.05) is 41.5 Å². The van der Waals surface area contributed by atoms with Gasteiger partial charge in [0, 0.05) is 18.4 Å². The van der Waals surface area contributed by atoms with Crippen molar-refractivity contribution >= 4 is 12.0 Å². The van der Waals surface area contributed by atoms with Crippen LogP contribution < -0.4 is 0 Å². The number of amides is 1. The maximum absolute atomic E-state index is 12.6. The second-order valence-corrected chi connectivity index (χ2v) is 7.65. The van der Waals surface area contributed by atoms with E-state index in [0.29, 0.717) is 18.9 Å². The highest BCUT2D eigenvalue weighted by Crippen LogP contribution is 2.32. The van der Waals surface area contributed by atoms with Crippen LogP contribution in [0.5, 0.6) is 0 Å². The van der Waals surface area contributed by atoms with Crippen molar-refractivity contribution in [3.8, 4) is 12.3 Å². The Kier molecular flexibility index (Phi) is 5.50. The lowest BCUT2D eigenvalue weighted by molar-refractivity contribution is -0.00311. The minimum absolute atomic E-state index is 0.0962. The molecule has 1 aliphatic rings. The first-order valence-electron chi connectivity index (χ1n) is 7.54. The molecular formula is C17H28N2O3. The summed E-state index contributed by atoms with van der Waals surface area (Å²) in [6.45, 7) is 12.1. The largest absolute Gasteiger partial charge is 0.484 e. The second-order valence-electron chi connectivity index (χ2n) is 7.65. The molecule has 2 atom stereocenters. The van der Waals surface area contributed by atoms with E-state index in [1.54, 1.807) is 12.0 Å². The summed E-state index contributed by atoms with van der Waals surface area (Å²) in [5, 5.41) is 0. The minimum Gasteiger partial charge on any atom is -0.484 e.